The van der Waals surface area contributed by atoms with Crippen molar-refractivity contribution in [3.8, 4) is 27.9 Å². The quantitative estimate of drug-likeness (QED) is 0.158. The Morgan fingerprint density at radius 3 is 1.59 bits per heavy atom. The van der Waals surface area contributed by atoms with Gasteiger partial charge in [0.1, 0.15) is 0 Å². The molecule has 0 N–H and O–H groups in total. The Labute approximate surface area is 339 Å². The fourth-order valence-corrected chi connectivity index (χ4v) is 9.57. The van der Waals surface area contributed by atoms with Crippen LogP contribution in [0.5, 0.6) is 0 Å². The number of rotatable bonds is 7. The normalized spacial score (nSPS) is 12.7. The maximum atomic E-state index is 2.44. The van der Waals surface area contributed by atoms with Gasteiger partial charge in [-0.2, -0.15) is 0 Å². The first-order valence-electron chi connectivity index (χ1n) is 20.1. The highest BCUT2D eigenvalue weighted by molar-refractivity contribution is 6.10. The molecule has 2 heteroatoms. The van der Waals surface area contributed by atoms with Gasteiger partial charge < -0.3 is 9.47 Å². The van der Waals surface area contributed by atoms with Gasteiger partial charge in [0.05, 0.1) is 16.4 Å². The second kappa shape index (κ2) is 13.7. The lowest BCUT2D eigenvalue weighted by Gasteiger charge is -2.35. The van der Waals surface area contributed by atoms with Crippen molar-refractivity contribution < 1.29 is 0 Å². The highest BCUT2D eigenvalue weighted by Crippen LogP contribution is 2.57. The van der Waals surface area contributed by atoms with Crippen molar-refractivity contribution in [2.24, 2.45) is 0 Å². The van der Waals surface area contributed by atoms with Gasteiger partial charge in [-0.1, -0.05) is 157 Å². The van der Waals surface area contributed by atoms with Crippen LogP contribution >= 0.6 is 0 Å². The Kier molecular flexibility index (Phi) is 7.97. The topological polar surface area (TPSA) is 8.17 Å². The molecule has 0 bridgehead atoms. The zero-order valence-corrected chi connectivity index (χ0v) is 32.3. The van der Waals surface area contributed by atoms with Crippen molar-refractivity contribution in [1.29, 1.82) is 0 Å². The molecule has 0 radical (unpaired) electrons. The molecule has 9 aromatic carbocycles. The highest BCUT2D eigenvalue weighted by atomic mass is 15.1. The van der Waals surface area contributed by atoms with E-state index in [4.69, 9.17) is 0 Å². The Bertz CT molecular complexity index is 3050. The van der Waals surface area contributed by atoms with Crippen LogP contribution in [0.2, 0.25) is 0 Å². The predicted molar refractivity (Wildman–Crippen MR) is 243 cm³/mol. The van der Waals surface area contributed by atoms with Crippen LogP contribution in [0.3, 0.4) is 0 Å². The summed E-state index contributed by atoms with van der Waals surface area (Å²) in [4.78, 5) is 2.40. The molecule has 0 aliphatic heterocycles. The van der Waals surface area contributed by atoms with E-state index in [-0.39, 0.29) is 0 Å². The molecule has 10 aromatic rings. The van der Waals surface area contributed by atoms with Crippen LogP contribution in [-0.4, -0.2) is 4.57 Å². The molecule has 0 fully saturated rings. The number of hydrogen-bond acceptors (Lipinski definition) is 1. The number of anilines is 3. The van der Waals surface area contributed by atoms with E-state index in [9.17, 15) is 0 Å². The number of aromatic nitrogens is 1. The minimum absolute atomic E-state index is 0.475. The van der Waals surface area contributed by atoms with Crippen molar-refractivity contribution in [3.05, 3.63) is 252 Å². The Balaban J connectivity index is 1.05. The molecule has 0 amide bonds. The van der Waals surface area contributed by atoms with Gasteiger partial charge >= 0.3 is 0 Å². The van der Waals surface area contributed by atoms with Gasteiger partial charge in [0.15, 0.2) is 0 Å². The van der Waals surface area contributed by atoms with Crippen LogP contribution < -0.4 is 4.90 Å². The summed E-state index contributed by atoms with van der Waals surface area (Å²) >= 11 is 0. The summed E-state index contributed by atoms with van der Waals surface area (Å²) < 4.78 is 2.38. The fourth-order valence-electron chi connectivity index (χ4n) is 9.57. The zero-order valence-electron chi connectivity index (χ0n) is 32.3. The number of hydrogen-bond donors (Lipinski definition) is 0. The van der Waals surface area contributed by atoms with Crippen molar-refractivity contribution in [3.63, 3.8) is 0 Å². The van der Waals surface area contributed by atoms with Gasteiger partial charge in [-0.25, -0.2) is 0 Å². The van der Waals surface area contributed by atoms with Crippen LogP contribution in [0.4, 0.5) is 17.1 Å². The molecule has 1 aliphatic carbocycles. The summed E-state index contributed by atoms with van der Waals surface area (Å²) in [7, 11) is 0. The van der Waals surface area contributed by atoms with Crippen LogP contribution in [0.15, 0.2) is 224 Å². The highest BCUT2D eigenvalue weighted by Gasteiger charge is 2.46. The summed E-state index contributed by atoms with van der Waals surface area (Å²) in [6.07, 6.45) is 0. The lowest BCUT2D eigenvalue weighted by atomic mass is 9.67. The number of benzene rings is 9. The molecule has 1 aromatic heterocycles. The molecule has 0 saturated heterocycles. The summed E-state index contributed by atoms with van der Waals surface area (Å²) in [5, 5.41) is 2.53. The first-order valence-corrected chi connectivity index (χ1v) is 20.1. The number of para-hydroxylation sites is 2. The number of nitrogens with zero attached hydrogens (tertiary/aromatic N) is 2. The largest absolute Gasteiger partial charge is 0.310 e. The SMILES string of the molecule is Cc1ccc2c(c1)c1cc(-c3ccc(N(c4ccccc4)c4ccc5c(c4)C(c4ccccc4)(c4ccccc4)c4ccccc4-5)cc3)ccc1n2-c1ccccc1. The predicted octanol–water partition coefficient (Wildman–Crippen LogP) is 14.6. The summed E-state index contributed by atoms with van der Waals surface area (Å²) in [5.74, 6) is 0. The van der Waals surface area contributed by atoms with Crippen LogP contribution in [0, 0.1) is 6.92 Å². The van der Waals surface area contributed by atoms with Crippen molar-refractivity contribution >= 4 is 38.9 Å². The molecule has 1 aliphatic rings. The van der Waals surface area contributed by atoms with E-state index in [0.29, 0.717) is 0 Å². The monoisotopic (exact) mass is 740 g/mol. The van der Waals surface area contributed by atoms with Crippen molar-refractivity contribution in [2.45, 2.75) is 12.3 Å². The van der Waals surface area contributed by atoms with Gasteiger partial charge in [-0.15, -0.1) is 0 Å². The summed E-state index contributed by atoms with van der Waals surface area (Å²) in [5.41, 5.74) is 17.8. The molecular weight excluding hydrogens is 701 g/mol. The molecule has 0 spiro atoms. The second-order valence-electron chi connectivity index (χ2n) is 15.4. The summed E-state index contributed by atoms with van der Waals surface area (Å²) in [6.45, 7) is 2.18. The van der Waals surface area contributed by atoms with Crippen LogP contribution in [-0.2, 0) is 5.41 Å². The van der Waals surface area contributed by atoms with Gasteiger partial charge in [0, 0.05) is 33.5 Å². The van der Waals surface area contributed by atoms with Gasteiger partial charge in [-0.05, 0) is 124 Å². The smallest absolute Gasteiger partial charge is 0.0714 e. The number of fused-ring (bicyclic) bond motifs is 6. The van der Waals surface area contributed by atoms with Crippen molar-refractivity contribution in [1.82, 2.24) is 4.57 Å². The molecule has 0 atom stereocenters. The average molecular weight is 741 g/mol. The standard InChI is InChI=1S/C56H40N2/c1-39-26-34-54-50(36-39)51-37-41(29-35-55(51)58(54)45-22-12-5-13-23-45)40-27-30-46(31-28-40)57(44-20-10-4-11-21-44)47-32-33-49-48-24-14-15-25-52(48)56(53(49)38-47,42-16-6-2-7-17-42)43-18-8-3-9-19-43/h2-38H,1H3. The van der Waals surface area contributed by atoms with Crippen LogP contribution in [0.1, 0.15) is 27.8 Å². The van der Waals surface area contributed by atoms with E-state index in [1.807, 2.05) is 0 Å². The Hall–Kier alpha value is -7.42. The van der Waals surface area contributed by atoms with Gasteiger partial charge in [0.2, 0.25) is 0 Å². The van der Waals surface area contributed by atoms with E-state index >= 15 is 0 Å². The first-order chi connectivity index (χ1) is 28.7. The molecule has 1 heterocycles. The molecule has 11 rings (SSSR count). The van der Waals surface area contributed by atoms with E-state index in [1.54, 1.807) is 0 Å². The van der Waals surface area contributed by atoms with Gasteiger partial charge in [-0.3, -0.25) is 0 Å². The molecule has 0 saturated carbocycles. The van der Waals surface area contributed by atoms with E-state index in [2.05, 4.69) is 241 Å². The maximum absolute atomic E-state index is 2.44. The third-order valence-electron chi connectivity index (χ3n) is 12.1. The second-order valence-corrected chi connectivity index (χ2v) is 15.4. The third kappa shape index (κ3) is 5.26. The van der Waals surface area contributed by atoms with Crippen LogP contribution in [0.25, 0.3) is 49.7 Å². The molecule has 274 valence electrons. The van der Waals surface area contributed by atoms with Crippen molar-refractivity contribution in [2.75, 3.05) is 4.90 Å². The molecule has 58 heavy (non-hydrogen) atoms. The van der Waals surface area contributed by atoms with E-state index in [1.165, 1.54) is 77.6 Å². The average Bonchev–Trinajstić information content (AvgIpc) is 3.77. The maximum Gasteiger partial charge on any atom is 0.0714 e. The van der Waals surface area contributed by atoms with E-state index in [0.717, 1.165) is 17.1 Å². The Morgan fingerprint density at radius 2 is 0.897 bits per heavy atom. The minimum atomic E-state index is -0.475. The Morgan fingerprint density at radius 1 is 0.379 bits per heavy atom. The fraction of sp³-hybridized carbons (Fsp3) is 0.0357. The van der Waals surface area contributed by atoms with Gasteiger partial charge in [0.25, 0.3) is 0 Å². The first kappa shape index (κ1) is 33.9. The van der Waals surface area contributed by atoms with E-state index < -0.39 is 5.41 Å². The molecule has 0 unspecified atom stereocenters. The molecular formula is C56H40N2. The lowest BCUT2D eigenvalue weighted by molar-refractivity contribution is 0.768. The number of aryl methyl sites for hydroxylation is 1. The minimum Gasteiger partial charge on any atom is -0.310 e. The summed E-state index contributed by atoms with van der Waals surface area (Å²) in [6, 6.07) is 82.3. The molecule has 2 nitrogen and oxygen atoms in total. The third-order valence-corrected chi connectivity index (χ3v) is 12.1. The zero-order chi connectivity index (χ0) is 38.6. The lowest BCUT2D eigenvalue weighted by Crippen LogP contribution is -2.28.